The largest absolute Gasteiger partial charge is 0.244 e. The third kappa shape index (κ3) is 1.05. The molecule has 0 fully saturated rings. The average Bonchev–Trinajstić information content (AvgIpc) is 1.91. The molecule has 0 N–H and O–H groups in total. The van der Waals surface area contributed by atoms with Gasteiger partial charge in [0.25, 0.3) is 0 Å². The Bertz CT molecular complexity index is 143. The minimum atomic E-state index is 0. The van der Waals surface area contributed by atoms with E-state index in [0.29, 0.717) is 0 Å². The Morgan fingerprint density at radius 2 is 1.50 bits per heavy atom. The average molecular weight is 114 g/mol. The van der Waals surface area contributed by atoms with Crippen LogP contribution >= 0.6 is 0 Å². The highest BCUT2D eigenvalue weighted by Crippen LogP contribution is 1.94. The Morgan fingerprint density at radius 1 is 1.12 bits per heavy atom. The predicted octanol–water partition coefficient (Wildman–Crippen LogP) is 1.32. The molecular weight excluding hydrogens is 104 g/mol. The molecular formula is C5H10N2O. The quantitative estimate of drug-likeness (QED) is 0.510. The Balaban J connectivity index is 0.000000490. The molecule has 1 aromatic heterocycles. The van der Waals surface area contributed by atoms with Crippen LogP contribution in [0, 0.1) is 13.8 Å². The van der Waals surface area contributed by atoms with E-state index in [1.807, 2.05) is 13.8 Å². The van der Waals surface area contributed by atoms with Gasteiger partial charge in [0.05, 0.1) is 0 Å². The fourth-order valence-electron chi connectivity index (χ4n) is 0.275. The highest BCUT2D eigenvalue weighted by atomic mass is 16.6. The van der Waals surface area contributed by atoms with E-state index >= 15 is 0 Å². The van der Waals surface area contributed by atoms with Crippen molar-refractivity contribution in [1.82, 2.24) is 10.3 Å². The van der Waals surface area contributed by atoms with Crippen LogP contribution in [0.2, 0.25) is 0 Å². The van der Waals surface area contributed by atoms with Crippen molar-refractivity contribution in [2.75, 3.05) is 0 Å². The first-order chi connectivity index (χ1) is 3.30. The monoisotopic (exact) mass is 114 g/mol. The summed E-state index contributed by atoms with van der Waals surface area (Å²) in [7, 11) is 0. The highest BCUT2D eigenvalue weighted by molar-refractivity contribution is 5.00. The van der Waals surface area contributed by atoms with E-state index in [-0.39, 0.29) is 7.43 Å². The van der Waals surface area contributed by atoms with Crippen LogP contribution in [0.25, 0.3) is 0 Å². The lowest BCUT2D eigenvalue weighted by atomic mass is 10.4. The van der Waals surface area contributed by atoms with Crippen molar-refractivity contribution in [2.24, 2.45) is 0 Å². The van der Waals surface area contributed by atoms with Crippen LogP contribution in [0.3, 0.4) is 0 Å². The molecule has 3 nitrogen and oxygen atoms in total. The molecule has 3 heteroatoms. The van der Waals surface area contributed by atoms with Crippen LogP contribution in [-0.4, -0.2) is 10.3 Å². The zero-order chi connectivity index (χ0) is 5.28. The highest BCUT2D eigenvalue weighted by Gasteiger charge is 1.93. The fraction of sp³-hybridized carbons (Fsp3) is 0.600. The minimum absolute atomic E-state index is 0. The molecule has 0 aliphatic carbocycles. The molecule has 1 heterocycles. The second-order valence-corrected chi connectivity index (χ2v) is 1.44. The van der Waals surface area contributed by atoms with Gasteiger partial charge in [-0.15, -0.1) is 0 Å². The van der Waals surface area contributed by atoms with Crippen LogP contribution in [0.15, 0.2) is 4.63 Å². The molecule has 1 rings (SSSR count). The number of aromatic nitrogens is 2. The maximum atomic E-state index is 4.34. The van der Waals surface area contributed by atoms with E-state index in [9.17, 15) is 0 Å². The molecule has 0 radical (unpaired) electrons. The molecule has 0 atom stereocenters. The van der Waals surface area contributed by atoms with Gasteiger partial charge in [0, 0.05) is 0 Å². The van der Waals surface area contributed by atoms with E-state index in [2.05, 4.69) is 14.9 Å². The van der Waals surface area contributed by atoms with E-state index in [1.165, 1.54) is 0 Å². The van der Waals surface area contributed by atoms with Crippen LogP contribution in [0.4, 0.5) is 0 Å². The number of aryl methyl sites for hydroxylation is 2. The smallest absolute Gasteiger partial charge is 0.104 e. The van der Waals surface area contributed by atoms with Crippen molar-refractivity contribution in [3.63, 3.8) is 0 Å². The van der Waals surface area contributed by atoms with Crippen molar-refractivity contribution in [3.05, 3.63) is 11.4 Å². The Labute approximate surface area is 48.7 Å². The molecule has 46 valence electrons. The van der Waals surface area contributed by atoms with Crippen LogP contribution in [0.1, 0.15) is 18.8 Å². The third-order valence-corrected chi connectivity index (χ3v) is 0.879. The van der Waals surface area contributed by atoms with Crippen LogP contribution in [-0.2, 0) is 0 Å². The van der Waals surface area contributed by atoms with E-state index in [0.717, 1.165) is 11.4 Å². The molecule has 0 amide bonds. The Hall–Kier alpha value is -0.860. The maximum absolute atomic E-state index is 4.34. The zero-order valence-electron chi connectivity index (χ0n) is 4.30. The molecule has 0 unspecified atom stereocenters. The topological polar surface area (TPSA) is 38.9 Å². The van der Waals surface area contributed by atoms with E-state index < -0.39 is 0 Å². The summed E-state index contributed by atoms with van der Waals surface area (Å²) < 4.78 is 4.34. The Kier molecular flexibility index (Phi) is 2.19. The van der Waals surface area contributed by atoms with Gasteiger partial charge in [-0.25, -0.2) is 4.63 Å². The van der Waals surface area contributed by atoms with Gasteiger partial charge in [-0.3, -0.25) is 0 Å². The predicted molar refractivity (Wildman–Crippen MR) is 30.5 cm³/mol. The number of nitrogens with zero attached hydrogens (tertiary/aromatic N) is 2. The molecule has 0 aliphatic heterocycles. The minimum Gasteiger partial charge on any atom is -0.244 e. The lowest BCUT2D eigenvalue weighted by Gasteiger charge is -1.71. The molecule has 0 spiro atoms. The fourth-order valence-corrected chi connectivity index (χ4v) is 0.275. The summed E-state index contributed by atoms with van der Waals surface area (Å²) >= 11 is 0. The van der Waals surface area contributed by atoms with Crippen molar-refractivity contribution in [3.8, 4) is 0 Å². The van der Waals surface area contributed by atoms with Crippen molar-refractivity contribution in [2.45, 2.75) is 21.3 Å². The van der Waals surface area contributed by atoms with E-state index in [1.54, 1.807) is 0 Å². The van der Waals surface area contributed by atoms with Gasteiger partial charge in [-0.2, -0.15) is 0 Å². The standard InChI is InChI=1S/C4H6N2O.CH4/c1-3-4(2)6-7-5-3;/h1-2H3;1H4. The summed E-state index contributed by atoms with van der Waals surface area (Å²) in [6, 6.07) is 0. The molecule has 0 bridgehead atoms. The first-order valence-corrected chi connectivity index (χ1v) is 2.06. The van der Waals surface area contributed by atoms with E-state index in [4.69, 9.17) is 0 Å². The van der Waals surface area contributed by atoms with Crippen LogP contribution in [0.5, 0.6) is 0 Å². The summed E-state index contributed by atoms with van der Waals surface area (Å²) in [6.07, 6.45) is 0. The summed E-state index contributed by atoms with van der Waals surface area (Å²) in [5, 5.41) is 7.06. The van der Waals surface area contributed by atoms with Crippen molar-refractivity contribution < 1.29 is 4.63 Å². The maximum Gasteiger partial charge on any atom is 0.104 e. The first kappa shape index (κ1) is 7.14. The van der Waals surface area contributed by atoms with Gasteiger partial charge in [0.1, 0.15) is 11.4 Å². The number of rotatable bonds is 0. The number of hydrogen-bond donors (Lipinski definition) is 0. The van der Waals surface area contributed by atoms with Crippen LogP contribution < -0.4 is 0 Å². The zero-order valence-corrected chi connectivity index (χ0v) is 4.30. The first-order valence-electron chi connectivity index (χ1n) is 2.06. The second kappa shape index (κ2) is 2.45. The lowest BCUT2D eigenvalue weighted by molar-refractivity contribution is 0.302. The third-order valence-electron chi connectivity index (χ3n) is 0.879. The summed E-state index contributed by atoms with van der Waals surface area (Å²) in [6.45, 7) is 3.71. The SMILES string of the molecule is C.Cc1nonc1C. The lowest BCUT2D eigenvalue weighted by Crippen LogP contribution is -1.71. The molecule has 8 heavy (non-hydrogen) atoms. The normalized spacial score (nSPS) is 8.25. The second-order valence-electron chi connectivity index (χ2n) is 1.44. The molecule has 0 aliphatic rings. The summed E-state index contributed by atoms with van der Waals surface area (Å²) in [4.78, 5) is 0. The number of hydrogen-bond acceptors (Lipinski definition) is 3. The van der Waals surface area contributed by atoms with Crippen molar-refractivity contribution in [1.29, 1.82) is 0 Å². The van der Waals surface area contributed by atoms with Crippen molar-refractivity contribution >= 4 is 0 Å². The summed E-state index contributed by atoms with van der Waals surface area (Å²) in [5.41, 5.74) is 1.72. The van der Waals surface area contributed by atoms with Gasteiger partial charge < -0.3 is 0 Å². The molecule has 1 aromatic rings. The van der Waals surface area contributed by atoms with Gasteiger partial charge in [0.15, 0.2) is 0 Å². The Morgan fingerprint density at radius 3 is 1.62 bits per heavy atom. The molecule has 0 saturated heterocycles. The molecule has 0 saturated carbocycles. The van der Waals surface area contributed by atoms with Gasteiger partial charge in [-0.1, -0.05) is 17.7 Å². The van der Waals surface area contributed by atoms with Gasteiger partial charge >= 0.3 is 0 Å². The molecule has 0 aromatic carbocycles. The van der Waals surface area contributed by atoms with Gasteiger partial charge in [-0.05, 0) is 13.8 Å². The summed E-state index contributed by atoms with van der Waals surface area (Å²) in [5.74, 6) is 0. The van der Waals surface area contributed by atoms with Gasteiger partial charge in [0.2, 0.25) is 0 Å².